The smallest absolute Gasteiger partial charge is 0.257 e. The van der Waals surface area contributed by atoms with Crippen molar-refractivity contribution < 1.29 is 18.7 Å². The summed E-state index contributed by atoms with van der Waals surface area (Å²) in [6.07, 6.45) is 0. The van der Waals surface area contributed by atoms with Gasteiger partial charge in [-0.25, -0.2) is 0 Å². The number of carbonyl (C=O) groups is 2. The highest BCUT2D eigenvalue weighted by Gasteiger charge is 2.27. The zero-order valence-electron chi connectivity index (χ0n) is 14.4. The van der Waals surface area contributed by atoms with Crippen LogP contribution in [0.4, 0.5) is 0 Å². The minimum absolute atomic E-state index is 0.00960. The largest absolute Gasteiger partial charge is 0.466 e. The van der Waals surface area contributed by atoms with E-state index in [-0.39, 0.29) is 11.8 Å². The van der Waals surface area contributed by atoms with Gasteiger partial charge in [0.2, 0.25) is 5.91 Å². The molecule has 24 heavy (non-hydrogen) atoms. The van der Waals surface area contributed by atoms with Gasteiger partial charge in [-0.15, -0.1) is 0 Å². The molecular formula is C17H25N3O4. The fourth-order valence-corrected chi connectivity index (χ4v) is 3.22. The van der Waals surface area contributed by atoms with Gasteiger partial charge in [-0.05, 0) is 19.9 Å². The third kappa shape index (κ3) is 3.79. The fraction of sp³-hybridized carbons (Fsp3) is 0.647. The van der Waals surface area contributed by atoms with Gasteiger partial charge in [0.25, 0.3) is 5.91 Å². The minimum atomic E-state index is -0.00960. The molecule has 2 saturated heterocycles. The number of ether oxygens (including phenoxy) is 1. The summed E-state index contributed by atoms with van der Waals surface area (Å²) in [7, 11) is 0. The Morgan fingerprint density at radius 2 is 1.62 bits per heavy atom. The molecule has 2 aliphatic rings. The monoisotopic (exact) mass is 335 g/mol. The number of hydrogen-bond acceptors (Lipinski definition) is 5. The van der Waals surface area contributed by atoms with Gasteiger partial charge in [-0.2, -0.15) is 0 Å². The molecule has 1 aromatic heterocycles. The molecular weight excluding hydrogens is 310 g/mol. The predicted molar refractivity (Wildman–Crippen MR) is 87.9 cm³/mol. The number of piperazine rings is 1. The van der Waals surface area contributed by atoms with E-state index in [0.29, 0.717) is 57.3 Å². The Labute approximate surface area is 142 Å². The molecule has 0 bridgehead atoms. The Kier molecular flexibility index (Phi) is 5.20. The second-order valence-corrected chi connectivity index (χ2v) is 6.39. The Bertz CT molecular complexity index is 599. The fourth-order valence-electron chi connectivity index (χ4n) is 3.22. The van der Waals surface area contributed by atoms with Crippen LogP contribution < -0.4 is 0 Å². The van der Waals surface area contributed by atoms with Crippen molar-refractivity contribution >= 4 is 11.8 Å². The molecule has 2 fully saturated rings. The van der Waals surface area contributed by atoms with E-state index in [4.69, 9.17) is 9.15 Å². The summed E-state index contributed by atoms with van der Waals surface area (Å²) >= 11 is 0. The average molecular weight is 335 g/mol. The zero-order valence-corrected chi connectivity index (χ0v) is 14.4. The SMILES string of the molecule is Cc1cc(C(=O)N2CCN(C(=O)CN3CCOCC3)CC2)c(C)o1. The topological polar surface area (TPSA) is 66.2 Å². The van der Waals surface area contributed by atoms with E-state index in [2.05, 4.69) is 4.90 Å². The summed E-state index contributed by atoms with van der Waals surface area (Å²) in [6, 6.07) is 1.79. The lowest BCUT2D eigenvalue weighted by Gasteiger charge is -2.36. The van der Waals surface area contributed by atoms with Crippen molar-refractivity contribution in [3.05, 3.63) is 23.2 Å². The number of rotatable bonds is 3. The normalized spacial score (nSPS) is 19.6. The molecule has 0 N–H and O–H groups in total. The Balaban J connectivity index is 1.50. The van der Waals surface area contributed by atoms with Gasteiger partial charge in [-0.1, -0.05) is 0 Å². The van der Waals surface area contributed by atoms with Crippen LogP contribution in [0.1, 0.15) is 21.9 Å². The molecule has 0 saturated carbocycles. The van der Waals surface area contributed by atoms with E-state index < -0.39 is 0 Å². The number of hydrogen-bond donors (Lipinski definition) is 0. The quantitative estimate of drug-likeness (QED) is 0.805. The third-order valence-electron chi connectivity index (χ3n) is 4.65. The second-order valence-electron chi connectivity index (χ2n) is 6.39. The van der Waals surface area contributed by atoms with Gasteiger partial charge in [0, 0.05) is 39.3 Å². The molecule has 1 aromatic rings. The predicted octanol–water partition coefficient (Wildman–Crippen LogP) is 0.513. The van der Waals surface area contributed by atoms with Crippen molar-refractivity contribution in [3.8, 4) is 0 Å². The Morgan fingerprint density at radius 1 is 1.00 bits per heavy atom. The van der Waals surface area contributed by atoms with Gasteiger partial charge >= 0.3 is 0 Å². The molecule has 0 unspecified atom stereocenters. The van der Waals surface area contributed by atoms with Crippen LogP contribution >= 0.6 is 0 Å². The lowest BCUT2D eigenvalue weighted by atomic mass is 10.2. The van der Waals surface area contributed by atoms with Gasteiger partial charge in [-0.3, -0.25) is 14.5 Å². The van der Waals surface area contributed by atoms with Crippen molar-refractivity contribution in [3.63, 3.8) is 0 Å². The first-order chi connectivity index (χ1) is 11.5. The van der Waals surface area contributed by atoms with Crippen molar-refractivity contribution in [2.24, 2.45) is 0 Å². The van der Waals surface area contributed by atoms with E-state index in [9.17, 15) is 9.59 Å². The lowest BCUT2D eigenvalue weighted by molar-refractivity contribution is -0.134. The van der Waals surface area contributed by atoms with Gasteiger partial charge < -0.3 is 19.0 Å². The summed E-state index contributed by atoms with van der Waals surface area (Å²) in [5, 5.41) is 0. The molecule has 3 heterocycles. The maximum absolute atomic E-state index is 12.6. The molecule has 3 rings (SSSR count). The standard InChI is InChI=1S/C17H25N3O4/c1-13-11-15(14(2)24-13)17(22)20-5-3-19(4-6-20)16(21)12-18-7-9-23-10-8-18/h11H,3-10,12H2,1-2H3. The van der Waals surface area contributed by atoms with Crippen LogP contribution in [0.5, 0.6) is 0 Å². The summed E-state index contributed by atoms with van der Waals surface area (Å²) in [4.78, 5) is 30.7. The first-order valence-electron chi connectivity index (χ1n) is 8.49. The average Bonchev–Trinajstić information content (AvgIpc) is 2.93. The number of carbonyl (C=O) groups excluding carboxylic acids is 2. The van der Waals surface area contributed by atoms with E-state index in [1.54, 1.807) is 11.0 Å². The van der Waals surface area contributed by atoms with Crippen LogP contribution in [0.25, 0.3) is 0 Å². The van der Waals surface area contributed by atoms with Gasteiger partial charge in [0.15, 0.2) is 0 Å². The number of aryl methyl sites for hydroxylation is 2. The van der Waals surface area contributed by atoms with E-state index in [0.717, 1.165) is 18.8 Å². The molecule has 0 radical (unpaired) electrons. The van der Waals surface area contributed by atoms with Gasteiger partial charge in [0.1, 0.15) is 11.5 Å². The lowest BCUT2D eigenvalue weighted by Crippen LogP contribution is -2.53. The molecule has 0 aromatic carbocycles. The molecule has 132 valence electrons. The third-order valence-corrected chi connectivity index (χ3v) is 4.65. The van der Waals surface area contributed by atoms with Gasteiger partial charge in [0.05, 0.1) is 25.3 Å². The molecule has 0 aliphatic carbocycles. The van der Waals surface area contributed by atoms with Crippen LogP contribution in [-0.2, 0) is 9.53 Å². The molecule has 2 amide bonds. The van der Waals surface area contributed by atoms with Crippen molar-refractivity contribution in [1.29, 1.82) is 0 Å². The van der Waals surface area contributed by atoms with Crippen molar-refractivity contribution in [2.75, 3.05) is 59.0 Å². The highest BCUT2D eigenvalue weighted by molar-refractivity contribution is 5.95. The van der Waals surface area contributed by atoms with E-state index >= 15 is 0 Å². The number of amides is 2. The number of morpholine rings is 1. The number of nitrogens with zero attached hydrogens (tertiary/aromatic N) is 3. The first kappa shape index (κ1) is 17.0. The zero-order chi connectivity index (χ0) is 17.1. The van der Waals surface area contributed by atoms with Crippen LogP contribution in [0.15, 0.2) is 10.5 Å². The summed E-state index contributed by atoms with van der Waals surface area (Å²) in [5.74, 6) is 1.53. The molecule has 0 atom stereocenters. The molecule has 0 spiro atoms. The summed E-state index contributed by atoms with van der Waals surface area (Å²) < 4.78 is 10.7. The van der Waals surface area contributed by atoms with Crippen molar-refractivity contribution in [2.45, 2.75) is 13.8 Å². The van der Waals surface area contributed by atoms with Crippen LogP contribution in [-0.4, -0.2) is 85.5 Å². The minimum Gasteiger partial charge on any atom is -0.466 e. The molecule has 7 nitrogen and oxygen atoms in total. The van der Waals surface area contributed by atoms with Crippen LogP contribution in [0, 0.1) is 13.8 Å². The van der Waals surface area contributed by atoms with Crippen LogP contribution in [0.2, 0.25) is 0 Å². The second kappa shape index (κ2) is 7.36. The number of furan rings is 1. The van der Waals surface area contributed by atoms with Crippen molar-refractivity contribution in [1.82, 2.24) is 14.7 Å². The highest BCUT2D eigenvalue weighted by Crippen LogP contribution is 2.17. The highest BCUT2D eigenvalue weighted by atomic mass is 16.5. The van der Waals surface area contributed by atoms with E-state index in [1.165, 1.54) is 0 Å². The maximum atomic E-state index is 12.6. The first-order valence-corrected chi connectivity index (χ1v) is 8.49. The Hall–Kier alpha value is -1.86. The van der Waals surface area contributed by atoms with Crippen LogP contribution in [0.3, 0.4) is 0 Å². The summed E-state index contributed by atoms with van der Waals surface area (Å²) in [6.45, 7) is 9.40. The van der Waals surface area contributed by atoms with E-state index in [1.807, 2.05) is 18.7 Å². The Morgan fingerprint density at radius 3 is 2.21 bits per heavy atom. The molecule has 7 heteroatoms. The summed E-state index contributed by atoms with van der Waals surface area (Å²) in [5.41, 5.74) is 0.626. The maximum Gasteiger partial charge on any atom is 0.257 e. The molecule has 2 aliphatic heterocycles.